The second kappa shape index (κ2) is 8.17. The van der Waals surface area contributed by atoms with E-state index in [-0.39, 0.29) is 5.57 Å². The number of anilines is 1. The fourth-order valence-electron chi connectivity index (χ4n) is 2.05. The first-order valence-corrected chi connectivity index (χ1v) is 7.33. The monoisotopic (exact) mass is 317 g/mol. The van der Waals surface area contributed by atoms with E-state index < -0.39 is 5.91 Å². The Hall–Kier alpha value is -3.57. The van der Waals surface area contributed by atoms with Gasteiger partial charge in [-0.2, -0.15) is 10.5 Å². The number of hydrogen-bond donors (Lipinski definition) is 1. The summed E-state index contributed by atoms with van der Waals surface area (Å²) < 4.78 is 5.45. The van der Waals surface area contributed by atoms with Gasteiger partial charge in [-0.05, 0) is 42.8 Å². The van der Waals surface area contributed by atoms with Gasteiger partial charge in [0.2, 0.25) is 0 Å². The van der Waals surface area contributed by atoms with E-state index in [9.17, 15) is 10.1 Å². The van der Waals surface area contributed by atoms with Crippen LogP contribution >= 0.6 is 0 Å². The summed E-state index contributed by atoms with van der Waals surface area (Å²) in [5.41, 5.74) is 1.51. The van der Waals surface area contributed by atoms with Crippen molar-refractivity contribution in [2.24, 2.45) is 0 Å². The summed E-state index contributed by atoms with van der Waals surface area (Å²) in [4.78, 5) is 12.3. The van der Waals surface area contributed by atoms with Crippen LogP contribution in [-0.4, -0.2) is 12.5 Å². The lowest BCUT2D eigenvalue weighted by Gasteiger charge is -2.10. The van der Waals surface area contributed by atoms with Crippen LogP contribution in [-0.2, 0) is 4.79 Å². The minimum absolute atomic E-state index is 0.0589. The highest BCUT2D eigenvalue weighted by molar-refractivity contribution is 6.10. The Morgan fingerprint density at radius 1 is 1.21 bits per heavy atom. The fraction of sp³-hybridized carbons (Fsp3) is 0.105. The van der Waals surface area contributed by atoms with Crippen LogP contribution in [0.1, 0.15) is 18.1 Å². The third-order valence-electron chi connectivity index (χ3n) is 3.13. The summed E-state index contributed by atoms with van der Waals surface area (Å²) in [6.45, 7) is 2.32. The number of carbonyl (C=O) groups is 1. The van der Waals surface area contributed by atoms with Gasteiger partial charge in [-0.1, -0.05) is 24.3 Å². The molecule has 5 heteroatoms. The van der Waals surface area contributed by atoms with E-state index in [0.717, 1.165) is 0 Å². The quantitative estimate of drug-likeness (QED) is 0.675. The molecule has 1 amide bonds. The van der Waals surface area contributed by atoms with E-state index in [2.05, 4.69) is 5.32 Å². The van der Waals surface area contributed by atoms with Gasteiger partial charge in [-0.15, -0.1) is 0 Å². The van der Waals surface area contributed by atoms with Gasteiger partial charge in [0.1, 0.15) is 17.4 Å². The molecule has 0 atom stereocenters. The topological polar surface area (TPSA) is 85.9 Å². The van der Waals surface area contributed by atoms with Crippen molar-refractivity contribution in [1.82, 2.24) is 0 Å². The summed E-state index contributed by atoms with van der Waals surface area (Å²) in [7, 11) is 0. The Morgan fingerprint density at radius 2 is 2.00 bits per heavy atom. The number of benzene rings is 2. The van der Waals surface area contributed by atoms with Gasteiger partial charge in [-0.3, -0.25) is 4.79 Å². The Morgan fingerprint density at radius 3 is 2.71 bits per heavy atom. The highest BCUT2D eigenvalue weighted by Crippen LogP contribution is 2.24. The maximum absolute atomic E-state index is 12.3. The number of nitrogens with zero attached hydrogens (tertiary/aromatic N) is 2. The minimum atomic E-state index is -0.535. The second-order valence-electron chi connectivity index (χ2n) is 4.79. The lowest BCUT2D eigenvalue weighted by Crippen LogP contribution is -2.14. The zero-order valence-corrected chi connectivity index (χ0v) is 13.1. The van der Waals surface area contributed by atoms with E-state index in [1.807, 2.05) is 19.1 Å². The molecule has 0 aliphatic rings. The summed E-state index contributed by atoms with van der Waals surface area (Å²) in [5.74, 6) is 0.00383. The predicted octanol–water partition coefficient (Wildman–Crippen LogP) is 3.50. The number of para-hydroxylation sites is 2. The first kappa shape index (κ1) is 16.8. The van der Waals surface area contributed by atoms with Crippen LogP contribution in [0.15, 0.2) is 54.1 Å². The van der Waals surface area contributed by atoms with E-state index in [0.29, 0.717) is 29.2 Å². The molecule has 0 heterocycles. The smallest absolute Gasteiger partial charge is 0.266 e. The van der Waals surface area contributed by atoms with Crippen molar-refractivity contribution in [2.45, 2.75) is 6.92 Å². The molecule has 2 rings (SSSR count). The standard InChI is InChI=1S/C19H15N3O2/c1-2-24-18-9-4-3-8-17(18)22-19(23)16(13-21)11-14-6-5-7-15(10-14)12-20/h3-11H,2H2,1H3,(H,22,23)/b16-11+. The molecule has 2 aromatic carbocycles. The van der Waals surface area contributed by atoms with Crippen molar-refractivity contribution in [3.8, 4) is 17.9 Å². The van der Waals surface area contributed by atoms with Crippen molar-refractivity contribution < 1.29 is 9.53 Å². The van der Waals surface area contributed by atoms with Crippen molar-refractivity contribution >= 4 is 17.7 Å². The summed E-state index contributed by atoms with van der Waals surface area (Å²) in [5, 5.41) is 20.8. The van der Waals surface area contributed by atoms with Gasteiger partial charge in [0, 0.05) is 0 Å². The van der Waals surface area contributed by atoms with Crippen molar-refractivity contribution in [3.63, 3.8) is 0 Å². The largest absolute Gasteiger partial charge is 0.492 e. The molecule has 0 aliphatic heterocycles. The number of rotatable bonds is 5. The van der Waals surface area contributed by atoms with E-state index in [4.69, 9.17) is 10.00 Å². The van der Waals surface area contributed by atoms with Crippen molar-refractivity contribution in [2.75, 3.05) is 11.9 Å². The Kier molecular flexibility index (Phi) is 5.71. The minimum Gasteiger partial charge on any atom is -0.492 e. The number of nitriles is 2. The average molecular weight is 317 g/mol. The molecule has 0 fully saturated rings. The first-order chi connectivity index (χ1) is 11.7. The van der Waals surface area contributed by atoms with Gasteiger partial charge in [-0.25, -0.2) is 0 Å². The lowest BCUT2D eigenvalue weighted by atomic mass is 10.1. The van der Waals surface area contributed by atoms with Crippen LogP contribution < -0.4 is 10.1 Å². The van der Waals surface area contributed by atoms with Crippen LogP contribution in [0.3, 0.4) is 0 Å². The van der Waals surface area contributed by atoms with Crippen LogP contribution in [0.4, 0.5) is 5.69 Å². The van der Waals surface area contributed by atoms with E-state index in [1.165, 1.54) is 6.08 Å². The van der Waals surface area contributed by atoms with Crippen LogP contribution in [0.5, 0.6) is 5.75 Å². The highest BCUT2D eigenvalue weighted by atomic mass is 16.5. The van der Waals surface area contributed by atoms with E-state index in [1.54, 1.807) is 48.5 Å². The fourth-order valence-corrected chi connectivity index (χ4v) is 2.05. The maximum Gasteiger partial charge on any atom is 0.266 e. The Bertz CT molecular complexity index is 857. The summed E-state index contributed by atoms with van der Waals surface area (Å²) in [6, 6.07) is 17.6. The van der Waals surface area contributed by atoms with Gasteiger partial charge >= 0.3 is 0 Å². The predicted molar refractivity (Wildman–Crippen MR) is 91.0 cm³/mol. The number of carbonyl (C=O) groups excluding carboxylic acids is 1. The molecular weight excluding hydrogens is 302 g/mol. The second-order valence-corrected chi connectivity index (χ2v) is 4.79. The molecule has 0 spiro atoms. The van der Waals surface area contributed by atoms with Gasteiger partial charge in [0.15, 0.2) is 0 Å². The highest BCUT2D eigenvalue weighted by Gasteiger charge is 2.12. The van der Waals surface area contributed by atoms with Crippen molar-refractivity contribution in [3.05, 3.63) is 65.2 Å². The Balaban J connectivity index is 2.25. The molecule has 0 aromatic heterocycles. The number of ether oxygens (including phenoxy) is 1. The normalized spacial score (nSPS) is 10.4. The molecule has 1 N–H and O–H groups in total. The van der Waals surface area contributed by atoms with Gasteiger partial charge < -0.3 is 10.1 Å². The third-order valence-corrected chi connectivity index (χ3v) is 3.13. The number of amides is 1. The zero-order chi connectivity index (χ0) is 17.4. The molecule has 2 aromatic rings. The van der Waals surface area contributed by atoms with Gasteiger partial charge in [0.05, 0.1) is 23.9 Å². The lowest BCUT2D eigenvalue weighted by molar-refractivity contribution is -0.112. The number of nitrogens with one attached hydrogen (secondary N) is 1. The molecular formula is C19H15N3O2. The first-order valence-electron chi connectivity index (χ1n) is 7.33. The molecule has 0 saturated carbocycles. The van der Waals surface area contributed by atoms with E-state index >= 15 is 0 Å². The molecule has 24 heavy (non-hydrogen) atoms. The number of hydrogen-bond acceptors (Lipinski definition) is 4. The van der Waals surface area contributed by atoms with Crippen LogP contribution in [0, 0.1) is 22.7 Å². The zero-order valence-electron chi connectivity index (χ0n) is 13.1. The molecule has 0 saturated heterocycles. The van der Waals surface area contributed by atoms with Crippen molar-refractivity contribution in [1.29, 1.82) is 10.5 Å². The summed E-state index contributed by atoms with van der Waals surface area (Å²) >= 11 is 0. The van der Waals surface area contributed by atoms with Crippen LogP contribution in [0.2, 0.25) is 0 Å². The van der Waals surface area contributed by atoms with Gasteiger partial charge in [0.25, 0.3) is 5.91 Å². The molecule has 118 valence electrons. The molecule has 0 bridgehead atoms. The SMILES string of the molecule is CCOc1ccccc1NC(=O)/C(C#N)=C/c1cccc(C#N)c1. The molecule has 0 unspecified atom stereocenters. The Labute approximate surface area is 140 Å². The third kappa shape index (κ3) is 4.22. The molecule has 0 radical (unpaired) electrons. The molecule has 5 nitrogen and oxygen atoms in total. The maximum atomic E-state index is 12.3. The molecule has 0 aliphatic carbocycles. The van der Waals surface area contributed by atoms with Crippen LogP contribution in [0.25, 0.3) is 6.08 Å². The average Bonchev–Trinajstić information content (AvgIpc) is 2.61. The summed E-state index contributed by atoms with van der Waals surface area (Å²) in [6.07, 6.45) is 1.44.